The fourth-order valence-corrected chi connectivity index (χ4v) is 3.31. The zero-order valence-electron chi connectivity index (χ0n) is 10.4. The molecule has 4 nitrogen and oxygen atoms in total. The van der Waals surface area contributed by atoms with Gasteiger partial charge >= 0.3 is 5.97 Å². The number of nitrogens with one attached hydrogen (secondary N) is 1. The molecule has 0 spiro atoms. The fraction of sp³-hybridized carbons (Fsp3) is 0.0769. The van der Waals surface area contributed by atoms with Crippen LogP contribution in [0.1, 0.15) is 9.67 Å². The highest BCUT2D eigenvalue weighted by molar-refractivity contribution is 9.13. The molecule has 8 heteroatoms. The summed E-state index contributed by atoms with van der Waals surface area (Å²) in [4.78, 5) is 23.7. The molecule has 21 heavy (non-hydrogen) atoms. The molecular weight excluding hydrogens is 429 g/mol. The van der Waals surface area contributed by atoms with Gasteiger partial charge in [-0.3, -0.25) is 4.79 Å². The van der Waals surface area contributed by atoms with Crippen LogP contribution in [0.25, 0.3) is 0 Å². The summed E-state index contributed by atoms with van der Waals surface area (Å²) in [6.07, 6.45) is 0. The van der Waals surface area contributed by atoms with Crippen molar-refractivity contribution >= 4 is 60.8 Å². The first-order chi connectivity index (χ1) is 9.95. The molecule has 1 aromatic heterocycles. The predicted octanol–water partition coefficient (Wildman–Crippen LogP) is 4.21. The molecule has 0 radical (unpaired) electrons. The minimum Gasteiger partial charge on any atom is -0.451 e. The van der Waals surface area contributed by atoms with E-state index in [1.54, 1.807) is 6.07 Å². The number of halogens is 3. The van der Waals surface area contributed by atoms with Crippen molar-refractivity contribution in [1.82, 2.24) is 0 Å². The Bertz CT molecular complexity index is 653. The highest BCUT2D eigenvalue weighted by Gasteiger charge is 2.15. The number of thiophene rings is 1. The molecule has 0 fully saturated rings. The van der Waals surface area contributed by atoms with E-state index in [1.165, 1.54) is 35.6 Å². The second-order valence-corrected chi connectivity index (χ2v) is 7.09. The standard InChI is InChI=1S/C13H8Br2FNO3S/c14-9-5-10(21-12(9)15)13(19)20-6-11(18)17-8-3-1-7(16)2-4-8/h1-5H,6H2,(H,17,18). The van der Waals surface area contributed by atoms with Gasteiger partial charge in [-0.15, -0.1) is 11.3 Å². The van der Waals surface area contributed by atoms with Gasteiger partial charge in [0.25, 0.3) is 5.91 Å². The first-order valence-corrected chi connectivity index (χ1v) is 8.03. The number of ether oxygens (including phenoxy) is 1. The number of carbonyl (C=O) groups is 2. The van der Waals surface area contributed by atoms with Crippen molar-refractivity contribution in [2.45, 2.75) is 0 Å². The largest absolute Gasteiger partial charge is 0.451 e. The summed E-state index contributed by atoms with van der Waals surface area (Å²) in [6, 6.07) is 6.89. The van der Waals surface area contributed by atoms with Gasteiger partial charge in [-0.25, -0.2) is 9.18 Å². The van der Waals surface area contributed by atoms with Crippen LogP contribution in [-0.4, -0.2) is 18.5 Å². The molecule has 2 rings (SSSR count). The van der Waals surface area contributed by atoms with Crippen LogP contribution in [0.4, 0.5) is 10.1 Å². The third kappa shape index (κ3) is 4.62. The lowest BCUT2D eigenvalue weighted by atomic mass is 10.3. The molecular formula is C13H8Br2FNO3S. The molecule has 0 aliphatic carbocycles. The Labute approximate surface area is 140 Å². The molecule has 1 heterocycles. The van der Waals surface area contributed by atoms with E-state index in [9.17, 15) is 14.0 Å². The van der Waals surface area contributed by atoms with Crippen LogP contribution in [0.3, 0.4) is 0 Å². The first kappa shape index (κ1) is 16.1. The van der Waals surface area contributed by atoms with Gasteiger partial charge in [-0.1, -0.05) is 0 Å². The van der Waals surface area contributed by atoms with Crippen LogP contribution in [0, 0.1) is 5.82 Å². The smallest absolute Gasteiger partial charge is 0.348 e. The average molecular weight is 437 g/mol. The van der Waals surface area contributed by atoms with E-state index in [0.717, 1.165) is 8.26 Å². The molecule has 1 N–H and O–H groups in total. The Morgan fingerprint density at radius 1 is 1.24 bits per heavy atom. The van der Waals surface area contributed by atoms with E-state index in [4.69, 9.17) is 4.74 Å². The Morgan fingerprint density at radius 3 is 2.48 bits per heavy atom. The van der Waals surface area contributed by atoms with Gasteiger partial charge in [0.05, 0.1) is 3.79 Å². The predicted molar refractivity (Wildman–Crippen MR) is 85.0 cm³/mol. The third-order valence-electron chi connectivity index (χ3n) is 2.31. The maximum atomic E-state index is 12.7. The summed E-state index contributed by atoms with van der Waals surface area (Å²) in [7, 11) is 0. The topological polar surface area (TPSA) is 55.4 Å². The van der Waals surface area contributed by atoms with Crippen molar-refractivity contribution in [3.63, 3.8) is 0 Å². The van der Waals surface area contributed by atoms with Crippen molar-refractivity contribution in [2.24, 2.45) is 0 Å². The minimum absolute atomic E-state index is 0.378. The Balaban J connectivity index is 1.86. The maximum Gasteiger partial charge on any atom is 0.348 e. The van der Waals surface area contributed by atoms with Crippen molar-refractivity contribution in [3.05, 3.63) is 49.3 Å². The van der Waals surface area contributed by atoms with E-state index in [-0.39, 0.29) is 0 Å². The lowest BCUT2D eigenvalue weighted by Gasteiger charge is -2.05. The van der Waals surface area contributed by atoms with E-state index in [0.29, 0.717) is 10.6 Å². The fourth-order valence-electron chi connectivity index (χ4n) is 1.38. The van der Waals surface area contributed by atoms with Gasteiger partial charge < -0.3 is 10.1 Å². The van der Waals surface area contributed by atoms with Gasteiger partial charge in [0.1, 0.15) is 10.7 Å². The van der Waals surface area contributed by atoms with Crippen molar-refractivity contribution in [3.8, 4) is 0 Å². The minimum atomic E-state index is -0.583. The molecule has 0 atom stereocenters. The highest BCUT2D eigenvalue weighted by atomic mass is 79.9. The lowest BCUT2D eigenvalue weighted by Crippen LogP contribution is -2.20. The molecule has 1 aromatic carbocycles. The van der Waals surface area contributed by atoms with E-state index in [1.807, 2.05) is 0 Å². The highest BCUT2D eigenvalue weighted by Crippen LogP contribution is 2.32. The number of amides is 1. The van der Waals surface area contributed by atoms with Crippen molar-refractivity contribution < 1.29 is 18.7 Å². The first-order valence-electron chi connectivity index (χ1n) is 5.63. The summed E-state index contributed by atoms with van der Waals surface area (Å²) in [5.74, 6) is -1.47. The van der Waals surface area contributed by atoms with E-state index >= 15 is 0 Å². The van der Waals surface area contributed by atoms with Crippen LogP contribution in [0.15, 0.2) is 38.6 Å². The summed E-state index contributed by atoms with van der Waals surface area (Å²) >= 11 is 7.73. The second-order valence-electron chi connectivity index (χ2n) is 3.86. The second kappa shape index (κ2) is 7.15. The molecule has 2 aromatic rings. The van der Waals surface area contributed by atoms with Gasteiger partial charge in [-0.05, 0) is 62.2 Å². The molecule has 0 unspecified atom stereocenters. The molecule has 1 amide bonds. The van der Waals surface area contributed by atoms with Gasteiger partial charge in [0, 0.05) is 10.2 Å². The van der Waals surface area contributed by atoms with Crippen LogP contribution in [-0.2, 0) is 9.53 Å². The third-order valence-corrected chi connectivity index (χ3v) is 5.54. The summed E-state index contributed by atoms with van der Waals surface area (Å²) in [5, 5.41) is 2.49. The SMILES string of the molecule is O=C(COC(=O)c1cc(Br)c(Br)s1)Nc1ccc(F)cc1. The Hall–Kier alpha value is -1.25. The summed E-state index contributed by atoms with van der Waals surface area (Å²) < 4.78 is 19.1. The number of benzene rings is 1. The monoisotopic (exact) mass is 435 g/mol. The van der Waals surface area contributed by atoms with Gasteiger partial charge in [-0.2, -0.15) is 0 Å². The van der Waals surface area contributed by atoms with E-state index in [2.05, 4.69) is 37.2 Å². The van der Waals surface area contributed by atoms with Crippen LogP contribution in [0.5, 0.6) is 0 Å². The Morgan fingerprint density at radius 2 is 1.90 bits per heavy atom. The van der Waals surface area contributed by atoms with Crippen molar-refractivity contribution in [1.29, 1.82) is 0 Å². The van der Waals surface area contributed by atoms with Crippen LogP contribution >= 0.6 is 43.2 Å². The van der Waals surface area contributed by atoms with Crippen LogP contribution < -0.4 is 5.32 Å². The molecule has 0 saturated carbocycles. The van der Waals surface area contributed by atoms with Crippen molar-refractivity contribution in [2.75, 3.05) is 11.9 Å². The maximum absolute atomic E-state index is 12.7. The molecule has 0 aliphatic heterocycles. The molecule has 110 valence electrons. The zero-order valence-corrected chi connectivity index (χ0v) is 14.3. The lowest BCUT2D eigenvalue weighted by molar-refractivity contribution is -0.119. The molecule has 0 bridgehead atoms. The number of rotatable bonds is 4. The number of hydrogen-bond acceptors (Lipinski definition) is 4. The molecule has 0 aliphatic rings. The average Bonchev–Trinajstić information content (AvgIpc) is 2.79. The Kier molecular flexibility index (Phi) is 5.49. The molecule has 0 saturated heterocycles. The number of hydrogen-bond donors (Lipinski definition) is 1. The van der Waals surface area contributed by atoms with Gasteiger partial charge in [0.15, 0.2) is 6.61 Å². The van der Waals surface area contributed by atoms with E-state index < -0.39 is 24.3 Å². The van der Waals surface area contributed by atoms with Gasteiger partial charge in [0.2, 0.25) is 0 Å². The zero-order chi connectivity index (χ0) is 15.4. The quantitative estimate of drug-likeness (QED) is 0.730. The van der Waals surface area contributed by atoms with Crippen LogP contribution in [0.2, 0.25) is 0 Å². The number of carbonyl (C=O) groups excluding carboxylic acids is 2. The summed E-state index contributed by atoms with van der Waals surface area (Å²) in [5.41, 5.74) is 0.430. The number of anilines is 1. The normalized spacial score (nSPS) is 10.2. The summed E-state index contributed by atoms with van der Waals surface area (Å²) in [6.45, 7) is -0.413. The number of esters is 1.